The maximum atomic E-state index is 13.2. The van der Waals surface area contributed by atoms with E-state index in [0.717, 1.165) is 10.8 Å². The Balaban J connectivity index is 1.70. The van der Waals surface area contributed by atoms with E-state index < -0.39 is 10.0 Å². The lowest BCUT2D eigenvalue weighted by atomic mass is 10.0. The normalized spacial score (nSPS) is 11.9. The highest BCUT2D eigenvalue weighted by Crippen LogP contribution is 2.32. The molecule has 3 aromatic carbocycles. The van der Waals surface area contributed by atoms with Crippen LogP contribution in [0.15, 0.2) is 59.5 Å². The number of nitrogens with zero attached hydrogens (tertiary/aromatic N) is 2. The molecule has 1 amide bonds. The van der Waals surface area contributed by atoms with Gasteiger partial charge in [0.25, 0.3) is 5.91 Å². The van der Waals surface area contributed by atoms with Crippen LogP contribution >= 0.6 is 11.3 Å². The van der Waals surface area contributed by atoms with Crippen molar-refractivity contribution in [3.8, 4) is 5.75 Å². The number of carbonyl (C=O) groups is 1. The van der Waals surface area contributed by atoms with E-state index in [1.54, 1.807) is 25.1 Å². The summed E-state index contributed by atoms with van der Waals surface area (Å²) in [5.74, 6) is 0.170. The molecule has 1 heterocycles. The zero-order valence-electron chi connectivity index (χ0n) is 18.0. The van der Waals surface area contributed by atoms with Crippen molar-refractivity contribution in [3.63, 3.8) is 0 Å². The summed E-state index contributed by atoms with van der Waals surface area (Å²) < 4.78 is 32.9. The fraction of sp³-hybridized carbons (Fsp3) is 0.217. The fourth-order valence-electron chi connectivity index (χ4n) is 3.39. The van der Waals surface area contributed by atoms with E-state index in [1.165, 1.54) is 28.8 Å². The Labute approximate surface area is 190 Å². The molecule has 0 aliphatic carbocycles. The number of aromatic nitrogens is 1. The highest BCUT2D eigenvalue weighted by atomic mass is 32.2. The molecule has 0 radical (unpaired) electrons. The van der Waals surface area contributed by atoms with Gasteiger partial charge >= 0.3 is 0 Å². The van der Waals surface area contributed by atoms with Crippen molar-refractivity contribution in [3.05, 3.63) is 60.2 Å². The minimum atomic E-state index is -3.57. The number of benzene rings is 3. The van der Waals surface area contributed by atoms with Gasteiger partial charge < -0.3 is 4.74 Å². The summed E-state index contributed by atoms with van der Waals surface area (Å²) in [6.07, 6.45) is 0. The van der Waals surface area contributed by atoms with Gasteiger partial charge in [-0.15, -0.1) is 0 Å². The van der Waals surface area contributed by atoms with E-state index in [-0.39, 0.29) is 10.8 Å². The highest BCUT2D eigenvalue weighted by molar-refractivity contribution is 7.89. The summed E-state index contributed by atoms with van der Waals surface area (Å²) in [6, 6.07) is 16.1. The lowest BCUT2D eigenvalue weighted by Crippen LogP contribution is -2.26. The van der Waals surface area contributed by atoms with Gasteiger partial charge in [0.05, 0.1) is 27.3 Å². The number of hydrogen-bond acceptors (Lipinski definition) is 6. The molecule has 0 spiro atoms. The van der Waals surface area contributed by atoms with E-state index in [2.05, 4.69) is 10.3 Å². The van der Waals surface area contributed by atoms with Crippen molar-refractivity contribution >= 4 is 53.4 Å². The molecule has 0 unspecified atom stereocenters. The van der Waals surface area contributed by atoms with Crippen LogP contribution < -0.4 is 10.1 Å². The van der Waals surface area contributed by atoms with Gasteiger partial charge in [0, 0.05) is 13.6 Å². The van der Waals surface area contributed by atoms with Crippen LogP contribution in [0.4, 0.5) is 5.13 Å². The Morgan fingerprint density at radius 3 is 2.66 bits per heavy atom. The van der Waals surface area contributed by atoms with Crippen molar-refractivity contribution < 1.29 is 17.9 Å². The SMILES string of the molecule is CCOc1ccc2ccccc2c1C(=O)Nc1nc2ccc(S(=O)(=O)N(C)CC)cc2s1. The first kappa shape index (κ1) is 22.2. The molecule has 0 fully saturated rings. The van der Waals surface area contributed by atoms with Gasteiger partial charge in [0.1, 0.15) is 5.75 Å². The van der Waals surface area contributed by atoms with E-state index >= 15 is 0 Å². The second kappa shape index (κ2) is 8.85. The number of hydrogen-bond donors (Lipinski definition) is 1. The molecule has 0 atom stereocenters. The summed E-state index contributed by atoms with van der Waals surface area (Å²) in [6.45, 7) is 4.45. The van der Waals surface area contributed by atoms with E-state index in [1.807, 2.05) is 37.3 Å². The average molecular weight is 470 g/mol. The predicted molar refractivity (Wildman–Crippen MR) is 128 cm³/mol. The second-order valence-electron chi connectivity index (χ2n) is 7.11. The van der Waals surface area contributed by atoms with Crippen molar-refractivity contribution in [2.24, 2.45) is 0 Å². The summed E-state index contributed by atoms with van der Waals surface area (Å²) >= 11 is 1.23. The third-order valence-electron chi connectivity index (χ3n) is 5.15. The second-order valence-corrected chi connectivity index (χ2v) is 10.2. The molecule has 0 aliphatic heterocycles. The van der Waals surface area contributed by atoms with Crippen LogP contribution in [0.5, 0.6) is 5.75 Å². The van der Waals surface area contributed by atoms with Crippen molar-refractivity contribution in [2.45, 2.75) is 18.7 Å². The van der Waals surface area contributed by atoms with E-state index in [0.29, 0.717) is 39.8 Å². The van der Waals surface area contributed by atoms with Gasteiger partial charge in [0.2, 0.25) is 10.0 Å². The van der Waals surface area contributed by atoms with Crippen LogP contribution in [0.1, 0.15) is 24.2 Å². The highest BCUT2D eigenvalue weighted by Gasteiger charge is 2.21. The molecule has 32 heavy (non-hydrogen) atoms. The van der Waals surface area contributed by atoms with Crippen molar-refractivity contribution in [2.75, 3.05) is 25.5 Å². The molecule has 0 saturated heterocycles. The lowest BCUT2D eigenvalue weighted by Gasteiger charge is -2.14. The Hall–Kier alpha value is -3.01. The Morgan fingerprint density at radius 1 is 1.12 bits per heavy atom. The third-order valence-corrected chi connectivity index (χ3v) is 8.01. The van der Waals surface area contributed by atoms with Gasteiger partial charge in [-0.05, 0) is 42.0 Å². The van der Waals surface area contributed by atoms with Crippen molar-refractivity contribution in [1.82, 2.24) is 9.29 Å². The molecule has 0 saturated carbocycles. The monoisotopic (exact) mass is 469 g/mol. The summed E-state index contributed by atoms with van der Waals surface area (Å²) in [7, 11) is -2.03. The molecule has 7 nitrogen and oxygen atoms in total. The first-order valence-electron chi connectivity index (χ1n) is 10.2. The Bertz CT molecular complexity index is 1410. The number of thiazole rings is 1. The molecular weight excluding hydrogens is 446 g/mol. The van der Waals surface area contributed by atoms with Gasteiger partial charge in [-0.3, -0.25) is 10.1 Å². The van der Waals surface area contributed by atoms with Gasteiger partial charge in [-0.2, -0.15) is 0 Å². The first-order chi connectivity index (χ1) is 15.3. The molecule has 166 valence electrons. The number of nitrogens with one attached hydrogen (secondary N) is 1. The fourth-order valence-corrected chi connectivity index (χ4v) is 5.57. The zero-order chi connectivity index (χ0) is 22.9. The molecule has 1 N–H and O–H groups in total. The number of sulfonamides is 1. The molecular formula is C23H23N3O4S2. The lowest BCUT2D eigenvalue weighted by molar-refractivity contribution is 0.102. The maximum Gasteiger partial charge on any atom is 0.261 e. The van der Waals surface area contributed by atoms with E-state index in [9.17, 15) is 13.2 Å². The van der Waals surface area contributed by atoms with Gasteiger partial charge in [-0.1, -0.05) is 48.6 Å². The molecule has 0 aliphatic rings. The summed E-state index contributed by atoms with van der Waals surface area (Å²) in [4.78, 5) is 17.9. The number of carbonyl (C=O) groups excluding carboxylic acids is 1. The van der Waals surface area contributed by atoms with Gasteiger partial charge in [0.15, 0.2) is 5.13 Å². The Morgan fingerprint density at radius 2 is 1.91 bits per heavy atom. The summed E-state index contributed by atoms with van der Waals surface area (Å²) in [5, 5.41) is 4.96. The molecule has 0 bridgehead atoms. The number of fused-ring (bicyclic) bond motifs is 2. The number of anilines is 1. The third kappa shape index (κ3) is 4.06. The molecule has 4 rings (SSSR count). The number of rotatable bonds is 7. The summed E-state index contributed by atoms with van der Waals surface area (Å²) in [5.41, 5.74) is 1.06. The van der Waals surface area contributed by atoms with Crippen LogP contribution in [0.3, 0.4) is 0 Å². The van der Waals surface area contributed by atoms with Crippen LogP contribution in [0.25, 0.3) is 21.0 Å². The Kier molecular flexibility index (Phi) is 6.14. The smallest absolute Gasteiger partial charge is 0.261 e. The van der Waals surface area contributed by atoms with Crippen LogP contribution in [-0.4, -0.2) is 43.8 Å². The molecule has 9 heteroatoms. The minimum Gasteiger partial charge on any atom is -0.493 e. The number of amides is 1. The molecule has 1 aromatic heterocycles. The minimum absolute atomic E-state index is 0.198. The predicted octanol–water partition coefficient (Wildman–Crippen LogP) is 4.74. The molecule has 4 aromatic rings. The van der Waals surface area contributed by atoms with Gasteiger partial charge in [-0.25, -0.2) is 17.7 Å². The number of ether oxygens (including phenoxy) is 1. The topological polar surface area (TPSA) is 88.6 Å². The quantitative estimate of drug-likeness (QED) is 0.422. The standard InChI is InChI=1S/C23H23N3O4S2/c1-4-26(3)32(28,29)16-11-12-18-20(14-16)31-23(24-18)25-22(27)21-17-9-7-6-8-15(17)10-13-19(21)30-5-2/h6-14H,4-5H2,1-3H3,(H,24,25,27). The van der Waals surface area contributed by atoms with Crippen LogP contribution in [0, 0.1) is 0 Å². The zero-order valence-corrected chi connectivity index (χ0v) is 19.6. The first-order valence-corrected chi connectivity index (χ1v) is 12.4. The largest absolute Gasteiger partial charge is 0.493 e. The maximum absolute atomic E-state index is 13.2. The van der Waals surface area contributed by atoms with Crippen molar-refractivity contribution in [1.29, 1.82) is 0 Å². The van der Waals surface area contributed by atoms with Crippen LogP contribution in [0.2, 0.25) is 0 Å². The van der Waals surface area contributed by atoms with E-state index in [4.69, 9.17) is 4.74 Å². The van der Waals surface area contributed by atoms with Crippen LogP contribution in [-0.2, 0) is 10.0 Å². The average Bonchev–Trinajstić information content (AvgIpc) is 3.19.